The van der Waals surface area contributed by atoms with Crippen molar-refractivity contribution >= 4 is 38.4 Å². The van der Waals surface area contributed by atoms with Crippen molar-refractivity contribution in [1.29, 1.82) is 0 Å². The number of nitrogens with one attached hydrogen (secondary N) is 1. The van der Waals surface area contributed by atoms with Crippen LogP contribution >= 0.6 is 15.9 Å². The summed E-state index contributed by atoms with van der Waals surface area (Å²) in [5.74, 6) is 0.406. The van der Waals surface area contributed by atoms with E-state index in [2.05, 4.69) is 26.2 Å². The number of fused-ring (bicyclic) bond motifs is 1. The van der Waals surface area contributed by atoms with Gasteiger partial charge in [-0.05, 0) is 35.7 Å². The zero-order valence-corrected chi connectivity index (χ0v) is 12.1. The zero-order chi connectivity index (χ0) is 13.9. The molecule has 3 rings (SSSR count). The zero-order valence-electron chi connectivity index (χ0n) is 10.5. The van der Waals surface area contributed by atoms with Gasteiger partial charge < -0.3 is 5.32 Å². The third kappa shape index (κ3) is 2.56. The van der Waals surface area contributed by atoms with Crippen LogP contribution in [-0.2, 0) is 0 Å². The number of nitrogens with zero attached hydrogens (tertiary/aromatic N) is 1. The topological polar surface area (TPSA) is 42.0 Å². The highest BCUT2D eigenvalue weighted by Gasteiger charge is 2.09. The molecule has 0 saturated heterocycles. The molecule has 0 saturated carbocycles. The molecule has 4 heteroatoms. The molecule has 2 aromatic carbocycles. The van der Waals surface area contributed by atoms with E-state index in [-0.39, 0.29) is 5.91 Å². The molecule has 3 aromatic rings. The fourth-order valence-electron chi connectivity index (χ4n) is 2.01. The number of halogens is 1. The van der Waals surface area contributed by atoms with Crippen LogP contribution in [0.3, 0.4) is 0 Å². The molecule has 0 bridgehead atoms. The molecule has 0 aliphatic heterocycles. The molecule has 1 N–H and O–H groups in total. The first kappa shape index (κ1) is 12.8. The Bertz CT molecular complexity index is 772. The summed E-state index contributed by atoms with van der Waals surface area (Å²) in [6.45, 7) is 0. The molecular weight excluding hydrogens is 316 g/mol. The lowest BCUT2D eigenvalue weighted by atomic mass is 10.1. The van der Waals surface area contributed by atoms with Gasteiger partial charge in [-0.15, -0.1) is 0 Å². The van der Waals surface area contributed by atoms with Gasteiger partial charge in [0.15, 0.2) is 0 Å². The van der Waals surface area contributed by atoms with E-state index in [1.165, 1.54) is 0 Å². The van der Waals surface area contributed by atoms with Crippen LogP contribution in [0.4, 0.5) is 5.82 Å². The predicted molar refractivity (Wildman–Crippen MR) is 83.8 cm³/mol. The predicted octanol–water partition coefficient (Wildman–Crippen LogP) is 4.25. The second-order valence-corrected chi connectivity index (χ2v) is 5.26. The maximum atomic E-state index is 12.2. The van der Waals surface area contributed by atoms with Gasteiger partial charge in [-0.3, -0.25) is 4.79 Å². The number of carbonyl (C=O) groups is 1. The number of aromatic nitrogens is 1. The highest BCUT2D eigenvalue weighted by Crippen LogP contribution is 2.25. The summed E-state index contributed by atoms with van der Waals surface area (Å²) in [4.78, 5) is 16.4. The molecular formula is C16H11BrN2O. The van der Waals surface area contributed by atoms with Gasteiger partial charge in [-0.2, -0.15) is 0 Å². The highest BCUT2D eigenvalue weighted by atomic mass is 79.9. The van der Waals surface area contributed by atoms with Crippen LogP contribution in [0, 0.1) is 0 Å². The van der Waals surface area contributed by atoms with Gasteiger partial charge in [0.25, 0.3) is 5.91 Å². The van der Waals surface area contributed by atoms with Gasteiger partial charge in [-0.25, -0.2) is 4.98 Å². The summed E-state index contributed by atoms with van der Waals surface area (Å²) in [7, 11) is 0. The molecule has 0 radical (unpaired) electrons. The Morgan fingerprint density at radius 1 is 1.05 bits per heavy atom. The molecule has 3 nitrogen and oxygen atoms in total. The van der Waals surface area contributed by atoms with Crippen molar-refractivity contribution in [1.82, 2.24) is 4.98 Å². The van der Waals surface area contributed by atoms with Crippen LogP contribution in [0.25, 0.3) is 10.8 Å². The number of benzene rings is 2. The normalized spacial score (nSPS) is 10.4. The number of pyridine rings is 1. The number of amides is 1. The van der Waals surface area contributed by atoms with E-state index in [4.69, 9.17) is 0 Å². The van der Waals surface area contributed by atoms with E-state index in [0.717, 1.165) is 15.2 Å². The average molecular weight is 327 g/mol. The minimum atomic E-state index is -0.162. The quantitative estimate of drug-likeness (QED) is 0.764. The van der Waals surface area contributed by atoms with Crippen molar-refractivity contribution in [2.75, 3.05) is 5.32 Å². The molecule has 0 atom stereocenters. The Morgan fingerprint density at radius 2 is 1.85 bits per heavy atom. The van der Waals surface area contributed by atoms with Crippen molar-refractivity contribution in [2.24, 2.45) is 0 Å². The maximum absolute atomic E-state index is 12.2. The van der Waals surface area contributed by atoms with E-state index in [1.54, 1.807) is 18.3 Å². The Balaban J connectivity index is 1.99. The van der Waals surface area contributed by atoms with Crippen molar-refractivity contribution in [2.45, 2.75) is 0 Å². The minimum Gasteiger partial charge on any atom is -0.306 e. The number of hydrogen-bond donors (Lipinski definition) is 1. The van der Waals surface area contributed by atoms with Gasteiger partial charge in [0.2, 0.25) is 0 Å². The Morgan fingerprint density at radius 3 is 2.65 bits per heavy atom. The van der Waals surface area contributed by atoms with Crippen LogP contribution in [-0.4, -0.2) is 10.9 Å². The number of anilines is 1. The van der Waals surface area contributed by atoms with Gasteiger partial charge in [0, 0.05) is 21.6 Å². The lowest BCUT2D eigenvalue weighted by molar-refractivity contribution is 0.102. The first-order chi connectivity index (χ1) is 9.74. The van der Waals surface area contributed by atoms with Gasteiger partial charge in [0.1, 0.15) is 5.82 Å². The Hall–Kier alpha value is -2.20. The third-order valence-corrected chi connectivity index (χ3v) is 3.49. The summed E-state index contributed by atoms with van der Waals surface area (Å²) in [5, 5.41) is 4.80. The summed E-state index contributed by atoms with van der Waals surface area (Å²) < 4.78 is 0.952. The SMILES string of the molecule is O=C(Nc1nccc2ccc(Br)cc12)c1ccccc1. The van der Waals surface area contributed by atoms with E-state index in [9.17, 15) is 4.79 Å². The Labute approximate surface area is 124 Å². The number of carbonyl (C=O) groups excluding carboxylic acids is 1. The second kappa shape index (κ2) is 5.43. The van der Waals surface area contributed by atoms with E-state index >= 15 is 0 Å². The van der Waals surface area contributed by atoms with Crippen molar-refractivity contribution in [3.05, 3.63) is 70.8 Å². The fourth-order valence-corrected chi connectivity index (χ4v) is 2.37. The molecule has 0 aliphatic carbocycles. The first-order valence-electron chi connectivity index (χ1n) is 6.15. The number of hydrogen-bond acceptors (Lipinski definition) is 2. The highest BCUT2D eigenvalue weighted by molar-refractivity contribution is 9.10. The minimum absolute atomic E-state index is 0.162. The molecule has 0 aliphatic rings. The second-order valence-electron chi connectivity index (χ2n) is 4.35. The number of rotatable bonds is 2. The van der Waals surface area contributed by atoms with Gasteiger partial charge in [-0.1, -0.05) is 40.2 Å². The lowest BCUT2D eigenvalue weighted by Crippen LogP contribution is -2.12. The van der Waals surface area contributed by atoms with Crippen LogP contribution < -0.4 is 5.32 Å². The van der Waals surface area contributed by atoms with Crippen molar-refractivity contribution in [3.63, 3.8) is 0 Å². The largest absolute Gasteiger partial charge is 0.306 e. The summed E-state index contributed by atoms with van der Waals surface area (Å²) >= 11 is 3.44. The molecule has 0 fully saturated rings. The van der Waals surface area contributed by atoms with Crippen LogP contribution in [0.2, 0.25) is 0 Å². The molecule has 0 unspecified atom stereocenters. The van der Waals surface area contributed by atoms with Crippen LogP contribution in [0.5, 0.6) is 0 Å². The molecule has 0 spiro atoms. The van der Waals surface area contributed by atoms with Gasteiger partial charge in [0.05, 0.1) is 0 Å². The van der Waals surface area contributed by atoms with Crippen molar-refractivity contribution in [3.8, 4) is 0 Å². The van der Waals surface area contributed by atoms with E-state index < -0.39 is 0 Å². The molecule has 1 amide bonds. The third-order valence-electron chi connectivity index (χ3n) is 3.00. The van der Waals surface area contributed by atoms with Crippen LogP contribution in [0.1, 0.15) is 10.4 Å². The van der Waals surface area contributed by atoms with E-state index in [0.29, 0.717) is 11.4 Å². The summed E-state index contributed by atoms with van der Waals surface area (Å²) in [6.07, 6.45) is 1.69. The molecule has 1 heterocycles. The maximum Gasteiger partial charge on any atom is 0.256 e. The summed E-state index contributed by atoms with van der Waals surface area (Å²) in [6, 6.07) is 16.9. The molecule has 1 aromatic heterocycles. The Kier molecular flexibility index (Phi) is 3.48. The first-order valence-corrected chi connectivity index (χ1v) is 6.94. The lowest BCUT2D eigenvalue weighted by Gasteiger charge is -2.08. The smallest absolute Gasteiger partial charge is 0.256 e. The monoisotopic (exact) mass is 326 g/mol. The van der Waals surface area contributed by atoms with Gasteiger partial charge >= 0.3 is 0 Å². The van der Waals surface area contributed by atoms with E-state index in [1.807, 2.05) is 42.5 Å². The molecule has 20 heavy (non-hydrogen) atoms. The molecule has 98 valence electrons. The standard InChI is InChI=1S/C16H11BrN2O/c17-13-7-6-11-8-9-18-15(14(11)10-13)19-16(20)12-4-2-1-3-5-12/h1-10H,(H,18,19,20). The fraction of sp³-hybridized carbons (Fsp3) is 0. The van der Waals surface area contributed by atoms with Crippen molar-refractivity contribution < 1.29 is 4.79 Å². The summed E-state index contributed by atoms with van der Waals surface area (Å²) in [5.41, 5.74) is 0.612. The van der Waals surface area contributed by atoms with Crippen LogP contribution in [0.15, 0.2) is 65.3 Å². The average Bonchev–Trinajstić information content (AvgIpc) is 2.49.